The van der Waals surface area contributed by atoms with Gasteiger partial charge in [-0.25, -0.2) is 4.79 Å². The summed E-state index contributed by atoms with van der Waals surface area (Å²) in [7, 11) is 3.00. The van der Waals surface area contributed by atoms with Crippen LogP contribution in [0.25, 0.3) is 0 Å². The molecule has 1 aromatic carbocycles. The number of likely N-dealkylation sites (N-methyl/N-ethyl adjacent to an activating group) is 1. The molecule has 15 nitrogen and oxygen atoms in total. The van der Waals surface area contributed by atoms with Gasteiger partial charge in [0, 0.05) is 25.3 Å². The van der Waals surface area contributed by atoms with Gasteiger partial charge in [-0.05, 0) is 68.6 Å². The second-order valence-corrected chi connectivity index (χ2v) is 16.9. The monoisotopic (exact) mass is 814 g/mol. The summed E-state index contributed by atoms with van der Waals surface area (Å²) in [4.78, 5) is 98.5. The van der Waals surface area contributed by atoms with Crippen molar-refractivity contribution in [2.24, 2.45) is 41.2 Å². The summed E-state index contributed by atoms with van der Waals surface area (Å²) in [5, 5.41) is 16.8. The third-order valence-electron chi connectivity index (χ3n) is 11.7. The molecule has 3 amide bonds. The van der Waals surface area contributed by atoms with Crippen molar-refractivity contribution >= 4 is 41.2 Å². The second-order valence-electron chi connectivity index (χ2n) is 16.9. The number of nitrogens with two attached hydrogens (primary N) is 1. The first-order chi connectivity index (χ1) is 27.2. The number of ether oxygens (including phenoxy) is 3. The molecule has 58 heavy (non-hydrogen) atoms. The number of methoxy groups -OCH3 is 1. The first kappa shape index (κ1) is 48.0. The van der Waals surface area contributed by atoms with Crippen LogP contribution in [0.5, 0.6) is 5.75 Å². The van der Waals surface area contributed by atoms with Crippen molar-refractivity contribution in [3.63, 3.8) is 0 Å². The Morgan fingerprint density at radius 3 is 2.09 bits per heavy atom. The number of fused-ring (bicyclic) bond motifs is 1. The van der Waals surface area contributed by atoms with E-state index in [1.54, 1.807) is 45.0 Å². The Bertz CT molecular complexity index is 1620. The third kappa shape index (κ3) is 12.3. The standard InChI is InChI=1S/C43H66N4O11/c1-11-24(6)36-33(48)21-34(49)58-39(23(4)5)37(50)25(7)40(52)45-31(19-22(2)3)38(51)29-13-12-14-30(29)42(54)47(9)32(20-27-15-17-28(56-10)18-16-27)43(55)57-26(8)35(44)41(53)46-36/h15-18,22-26,29-33,35-36,39,48H,11-14,19-21,44H2,1-10H3,(H,45,52)(H,46,53)/t24-,25-,26+,29?,30+,31-,32-,33-,35-,36+,39-/m0/s1. The number of nitrogens with one attached hydrogen (secondary N) is 2. The van der Waals surface area contributed by atoms with E-state index in [9.17, 15) is 38.7 Å². The molecule has 3 rings (SSSR count). The Labute approximate surface area is 342 Å². The molecule has 1 aliphatic carbocycles. The Morgan fingerprint density at radius 1 is 0.897 bits per heavy atom. The smallest absolute Gasteiger partial charge is 0.329 e. The first-order valence-corrected chi connectivity index (χ1v) is 20.6. The summed E-state index contributed by atoms with van der Waals surface area (Å²) in [6, 6.07) is 2.34. The van der Waals surface area contributed by atoms with Crippen LogP contribution < -0.4 is 21.1 Å². The largest absolute Gasteiger partial charge is 0.497 e. The van der Waals surface area contributed by atoms with Crippen molar-refractivity contribution < 1.29 is 52.9 Å². The minimum atomic E-state index is -1.46. The molecule has 2 aliphatic rings. The van der Waals surface area contributed by atoms with Crippen molar-refractivity contribution in [2.75, 3.05) is 14.2 Å². The van der Waals surface area contributed by atoms with E-state index in [2.05, 4.69) is 10.6 Å². The summed E-state index contributed by atoms with van der Waals surface area (Å²) in [5.74, 6) is -7.98. The van der Waals surface area contributed by atoms with Crippen LogP contribution in [0.4, 0.5) is 0 Å². The zero-order chi connectivity index (χ0) is 43.6. The fraction of sp³-hybridized carbons (Fsp3) is 0.698. The number of aliphatic hydroxyl groups excluding tert-OH is 1. The van der Waals surface area contributed by atoms with Crippen LogP contribution in [0, 0.1) is 35.5 Å². The number of aliphatic hydroxyl groups is 1. The van der Waals surface area contributed by atoms with E-state index in [1.807, 2.05) is 20.8 Å². The molecule has 1 saturated heterocycles. The average Bonchev–Trinajstić information content (AvgIpc) is 3.68. The molecule has 5 N–H and O–H groups in total. The molecule has 1 aliphatic heterocycles. The van der Waals surface area contributed by atoms with Gasteiger partial charge < -0.3 is 40.6 Å². The van der Waals surface area contributed by atoms with Crippen LogP contribution in [-0.4, -0.2) is 108 Å². The number of amides is 3. The minimum Gasteiger partial charge on any atom is -0.497 e. The molecule has 15 heteroatoms. The molecule has 324 valence electrons. The molecular weight excluding hydrogens is 748 g/mol. The molecule has 1 unspecified atom stereocenters. The summed E-state index contributed by atoms with van der Waals surface area (Å²) >= 11 is 0. The maximum absolute atomic E-state index is 14.4. The SMILES string of the molecule is CC[C@H](C)[C@H]1NC(=O)[C@@H](N)[C@@H](C)OC(=O)[C@H](Cc2ccc(OC)cc2)N(C)C(=O)[C@@H]2CCCC2C(=O)[C@H](CC(C)C)NC(=O)[C@@H](C)C(=O)[C@H](C(C)C)OC(=O)C[C@@H]1O. The molecule has 1 heterocycles. The average molecular weight is 815 g/mol. The van der Waals surface area contributed by atoms with Gasteiger partial charge in [0.25, 0.3) is 0 Å². The Balaban J connectivity index is 2.11. The minimum absolute atomic E-state index is 0.0260. The van der Waals surface area contributed by atoms with Gasteiger partial charge in [0.1, 0.15) is 23.9 Å². The molecule has 0 radical (unpaired) electrons. The zero-order valence-electron chi connectivity index (χ0n) is 35.8. The number of carbonyl (C=O) groups is 7. The fourth-order valence-corrected chi connectivity index (χ4v) is 7.71. The Morgan fingerprint density at radius 2 is 1.52 bits per heavy atom. The van der Waals surface area contributed by atoms with Crippen LogP contribution >= 0.6 is 0 Å². The second kappa shape index (κ2) is 21.6. The molecule has 0 bridgehead atoms. The number of nitrogens with zero attached hydrogens (tertiary/aromatic N) is 1. The molecule has 0 spiro atoms. The number of rotatable bonds is 8. The first-order valence-electron chi connectivity index (χ1n) is 20.6. The molecular formula is C43H66N4O11. The van der Waals surface area contributed by atoms with Crippen LogP contribution in [0.2, 0.25) is 0 Å². The van der Waals surface area contributed by atoms with Gasteiger partial charge in [-0.3, -0.25) is 28.8 Å². The maximum Gasteiger partial charge on any atom is 0.329 e. The van der Waals surface area contributed by atoms with Crippen LogP contribution in [0.15, 0.2) is 24.3 Å². The number of Topliss-reactive ketones (excluding diaryl/α,β-unsaturated/α-hetero) is 2. The lowest BCUT2D eigenvalue weighted by Gasteiger charge is -2.33. The summed E-state index contributed by atoms with van der Waals surface area (Å²) in [5.41, 5.74) is 7.03. The van der Waals surface area contributed by atoms with Gasteiger partial charge in [-0.15, -0.1) is 0 Å². The quantitative estimate of drug-likeness (QED) is 0.220. The number of ketones is 2. The van der Waals surface area contributed by atoms with Gasteiger partial charge in [-0.2, -0.15) is 0 Å². The number of cyclic esters (lactones) is 2. The Hall–Kier alpha value is -4.37. The predicted molar refractivity (Wildman–Crippen MR) is 215 cm³/mol. The van der Waals surface area contributed by atoms with Crippen molar-refractivity contribution in [3.8, 4) is 5.75 Å². The summed E-state index contributed by atoms with van der Waals surface area (Å²) < 4.78 is 16.7. The van der Waals surface area contributed by atoms with E-state index in [1.165, 1.54) is 32.9 Å². The van der Waals surface area contributed by atoms with Crippen LogP contribution in [-0.2, 0) is 49.5 Å². The van der Waals surface area contributed by atoms with Gasteiger partial charge in [0.05, 0.1) is 37.6 Å². The molecule has 11 atom stereocenters. The third-order valence-corrected chi connectivity index (χ3v) is 11.7. The van der Waals surface area contributed by atoms with Gasteiger partial charge in [0.2, 0.25) is 17.7 Å². The number of hydrogen-bond donors (Lipinski definition) is 4. The van der Waals surface area contributed by atoms with E-state index in [0.29, 0.717) is 37.0 Å². The fourth-order valence-electron chi connectivity index (χ4n) is 7.71. The normalized spacial score (nSPS) is 31.0. The summed E-state index contributed by atoms with van der Waals surface area (Å²) in [6.07, 6.45) is -2.53. The number of esters is 2. The van der Waals surface area contributed by atoms with Crippen LogP contribution in [0.1, 0.15) is 99.5 Å². The highest BCUT2D eigenvalue weighted by Gasteiger charge is 2.45. The highest BCUT2D eigenvalue weighted by Crippen LogP contribution is 2.36. The van der Waals surface area contributed by atoms with Crippen LogP contribution in [0.3, 0.4) is 0 Å². The van der Waals surface area contributed by atoms with Gasteiger partial charge in [-0.1, -0.05) is 66.5 Å². The van der Waals surface area contributed by atoms with Crippen molar-refractivity contribution in [1.29, 1.82) is 0 Å². The van der Waals surface area contributed by atoms with Crippen molar-refractivity contribution in [1.82, 2.24) is 15.5 Å². The lowest BCUT2D eigenvalue weighted by atomic mass is 9.84. The Kier molecular flexibility index (Phi) is 17.9. The van der Waals surface area contributed by atoms with Crippen molar-refractivity contribution in [2.45, 2.75) is 143 Å². The van der Waals surface area contributed by atoms with Crippen molar-refractivity contribution in [3.05, 3.63) is 29.8 Å². The van der Waals surface area contributed by atoms with E-state index < -0.39 is 108 Å². The predicted octanol–water partition coefficient (Wildman–Crippen LogP) is 2.91. The molecule has 1 saturated carbocycles. The van der Waals surface area contributed by atoms with Gasteiger partial charge >= 0.3 is 11.9 Å². The lowest BCUT2D eigenvalue weighted by Crippen LogP contribution is -2.57. The lowest BCUT2D eigenvalue weighted by molar-refractivity contribution is -0.162. The number of benzene rings is 1. The zero-order valence-corrected chi connectivity index (χ0v) is 35.8. The highest BCUT2D eigenvalue weighted by atomic mass is 16.6. The van der Waals surface area contributed by atoms with E-state index in [4.69, 9.17) is 19.9 Å². The van der Waals surface area contributed by atoms with E-state index >= 15 is 0 Å². The summed E-state index contributed by atoms with van der Waals surface area (Å²) in [6.45, 7) is 13.5. The molecule has 0 aromatic heterocycles. The maximum atomic E-state index is 14.4. The van der Waals surface area contributed by atoms with Gasteiger partial charge in [0.15, 0.2) is 17.7 Å². The number of carbonyl (C=O) groups excluding carboxylic acids is 7. The topological polar surface area (TPSA) is 221 Å². The molecule has 1 aromatic rings. The van der Waals surface area contributed by atoms with E-state index in [-0.39, 0.29) is 30.5 Å². The molecule has 2 fully saturated rings. The highest BCUT2D eigenvalue weighted by molar-refractivity contribution is 6.05. The van der Waals surface area contributed by atoms with E-state index in [0.717, 1.165) is 0 Å². The number of hydrogen-bond acceptors (Lipinski definition) is 12.